The molecule has 5 nitrogen and oxygen atoms in total. The summed E-state index contributed by atoms with van der Waals surface area (Å²) in [7, 11) is 0. The van der Waals surface area contributed by atoms with Gasteiger partial charge in [-0.25, -0.2) is 4.79 Å². The summed E-state index contributed by atoms with van der Waals surface area (Å²) in [5.74, 6) is 0. The van der Waals surface area contributed by atoms with Crippen LogP contribution >= 0.6 is 11.6 Å². The van der Waals surface area contributed by atoms with Gasteiger partial charge in [-0.3, -0.25) is 0 Å². The summed E-state index contributed by atoms with van der Waals surface area (Å²) in [6.45, 7) is 3.46. The number of oxime groups is 1. The lowest BCUT2D eigenvalue weighted by atomic mass is 9.85. The van der Waals surface area contributed by atoms with Crippen molar-refractivity contribution in [2.24, 2.45) is 5.16 Å². The van der Waals surface area contributed by atoms with Crippen LogP contribution in [0, 0.1) is 0 Å². The van der Waals surface area contributed by atoms with Crippen LogP contribution in [0.2, 0.25) is 5.02 Å². The average molecular weight is 412 g/mol. The highest BCUT2D eigenvalue weighted by Gasteiger charge is 2.43. The first-order valence-electron chi connectivity index (χ1n) is 10.2. The van der Waals surface area contributed by atoms with Crippen LogP contribution in [-0.2, 0) is 11.3 Å². The molecule has 1 saturated heterocycles. The molecule has 2 aliphatic heterocycles. The molecule has 2 aliphatic rings. The van der Waals surface area contributed by atoms with Gasteiger partial charge in [0.05, 0.1) is 5.71 Å². The van der Waals surface area contributed by atoms with E-state index in [1.165, 1.54) is 5.56 Å². The Kier molecular flexibility index (Phi) is 5.76. The molecule has 1 spiro atoms. The van der Waals surface area contributed by atoms with Crippen molar-refractivity contribution < 1.29 is 9.63 Å². The normalized spacial score (nSPS) is 17.7. The van der Waals surface area contributed by atoms with E-state index in [1.807, 2.05) is 47.4 Å². The molecule has 6 heteroatoms. The van der Waals surface area contributed by atoms with Crippen molar-refractivity contribution in [1.29, 1.82) is 0 Å². The van der Waals surface area contributed by atoms with E-state index in [0.717, 1.165) is 49.1 Å². The molecule has 2 amide bonds. The maximum atomic E-state index is 12.8. The molecule has 2 aromatic rings. The first kappa shape index (κ1) is 19.8. The Balaban J connectivity index is 1.34. The van der Waals surface area contributed by atoms with E-state index in [2.05, 4.69) is 23.5 Å². The summed E-state index contributed by atoms with van der Waals surface area (Å²) in [6, 6.07) is 15.7. The van der Waals surface area contributed by atoms with Gasteiger partial charge in [-0.05, 0) is 35.7 Å². The van der Waals surface area contributed by atoms with Crippen LogP contribution in [0.25, 0.3) is 0 Å². The highest BCUT2D eigenvalue weighted by atomic mass is 35.5. The number of urea groups is 1. The number of para-hydroxylation sites is 1. The number of nitrogens with one attached hydrogen (secondary N) is 1. The monoisotopic (exact) mass is 411 g/mol. The number of nitrogens with zero attached hydrogens (tertiary/aromatic N) is 2. The molecule has 0 bridgehead atoms. The maximum absolute atomic E-state index is 12.8. The average Bonchev–Trinajstić information content (AvgIpc) is 3.14. The SMILES string of the molecule is CCCc1ccccc1NC(=O)N1CCC2(CC1)CC(c1ccc(Cl)cc1)=NO2. The van der Waals surface area contributed by atoms with E-state index in [0.29, 0.717) is 18.1 Å². The fraction of sp³-hybridized carbons (Fsp3) is 0.391. The van der Waals surface area contributed by atoms with Crippen LogP contribution in [0.1, 0.15) is 43.7 Å². The zero-order chi connectivity index (χ0) is 20.3. The Labute approximate surface area is 176 Å². The van der Waals surface area contributed by atoms with E-state index in [9.17, 15) is 4.79 Å². The Hall–Kier alpha value is -2.53. The number of hydrogen-bond acceptors (Lipinski definition) is 3. The zero-order valence-corrected chi connectivity index (χ0v) is 17.4. The number of carbonyl (C=O) groups is 1. The molecule has 29 heavy (non-hydrogen) atoms. The molecule has 2 heterocycles. The van der Waals surface area contributed by atoms with Gasteiger partial charge in [-0.15, -0.1) is 0 Å². The smallest absolute Gasteiger partial charge is 0.321 e. The van der Waals surface area contributed by atoms with Crippen molar-refractivity contribution >= 4 is 29.0 Å². The van der Waals surface area contributed by atoms with Crippen LogP contribution in [0.15, 0.2) is 53.7 Å². The number of anilines is 1. The van der Waals surface area contributed by atoms with Crippen molar-refractivity contribution in [3.05, 3.63) is 64.7 Å². The summed E-state index contributed by atoms with van der Waals surface area (Å²) >= 11 is 5.98. The number of amides is 2. The van der Waals surface area contributed by atoms with Crippen molar-refractivity contribution in [3.63, 3.8) is 0 Å². The maximum Gasteiger partial charge on any atom is 0.321 e. The minimum absolute atomic E-state index is 0.0414. The quantitative estimate of drug-likeness (QED) is 0.723. The van der Waals surface area contributed by atoms with Crippen molar-refractivity contribution in [2.75, 3.05) is 18.4 Å². The minimum atomic E-state index is -0.300. The van der Waals surface area contributed by atoms with Crippen LogP contribution in [0.4, 0.5) is 10.5 Å². The number of likely N-dealkylation sites (tertiary alicyclic amines) is 1. The zero-order valence-electron chi connectivity index (χ0n) is 16.7. The molecule has 0 aliphatic carbocycles. The van der Waals surface area contributed by atoms with Gasteiger partial charge >= 0.3 is 6.03 Å². The Morgan fingerprint density at radius 2 is 1.90 bits per heavy atom. The third kappa shape index (κ3) is 4.40. The lowest BCUT2D eigenvalue weighted by molar-refractivity contribution is -0.0544. The van der Waals surface area contributed by atoms with Gasteiger partial charge in [0, 0.05) is 43.1 Å². The van der Waals surface area contributed by atoms with Crippen LogP contribution in [0.5, 0.6) is 0 Å². The molecule has 0 aromatic heterocycles. The second-order valence-corrected chi connectivity index (χ2v) is 8.26. The second-order valence-electron chi connectivity index (χ2n) is 7.82. The number of carbonyl (C=O) groups excluding carboxylic acids is 1. The molecule has 4 rings (SSSR count). The van der Waals surface area contributed by atoms with Gasteiger partial charge in [-0.1, -0.05) is 60.4 Å². The highest BCUT2D eigenvalue weighted by Crippen LogP contribution is 2.36. The van der Waals surface area contributed by atoms with E-state index in [1.54, 1.807) is 0 Å². The molecule has 0 radical (unpaired) electrons. The van der Waals surface area contributed by atoms with Crippen LogP contribution < -0.4 is 5.32 Å². The summed E-state index contributed by atoms with van der Waals surface area (Å²) in [6.07, 6.45) is 4.32. The third-order valence-corrected chi connectivity index (χ3v) is 6.01. The molecule has 1 fully saturated rings. The van der Waals surface area contributed by atoms with E-state index in [4.69, 9.17) is 16.4 Å². The molecule has 2 aromatic carbocycles. The molecule has 152 valence electrons. The van der Waals surface area contributed by atoms with Gasteiger partial charge in [0.15, 0.2) is 0 Å². The van der Waals surface area contributed by atoms with Crippen LogP contribution in [-0.4, -0.2) is 35.3 Å². The minimum Gasteiger partial charge on any atom is -0.388 e. The Bertz CT molecular complexity index is 903. The van der Waals surface area contributed by atoms with Crippen molar-refractivity contribution in [1.82, 2.24) is 4.90 Å². The number of piperidine rings is 1. The van der Waals surface area contributed by atoms with Gasteiger partial charge in [0.25, 0.3) is 0 Å². The second kappa shape index (κ2) is 8.46. The highest BCUT2D eigenvalue weighted by molar-refractivity contribution is 6.30. The predicted octanol–water partition coefficient (Wildman–Crippen LogP) is 5.48. The summed E-state index contributed by atoms with van der Waals surface area (Å²) in [4.78, 5) is 20.5. The molecule has 1 N–H and O–H groups in total. The first-order chi connectivity index (χ1) is 14.1. The predicted molar refractivity (Wildman–Crippen MR) is 117 cm³/mol. The molecular formula is C23H26ClN3O2. The van der Waals surface area contributed by atoms with Gasteiger partial charge < -0.3 is 15.1 Å². The Morgan fingerprint density at radius 1 is 1.17 bits per heavy atom. The van der Waals surface area contributed by atoms with Crippen molar-refractivity contribution in [2.45, 2.75) is 44.6 Å². The Morgan fingerprint density at radius 3 is 2.62 bits per heavy atom. The lowest BCUT2D eigenvalue weighted by Crippen LogP contribution is -2.48. The fourth-order valence-corrected chi connectivity index (χ4v) is 4.15. The topological polar surface area (TPSA) is 53.9 Å². The number of hydrogen-bond donors (Lipinski definition) is 1. The first-order valence-corrected chi connectivity index (χ1v) is 10.6. The molecular weight excluding hydrogens is 386 g/mol. The van der Waals surface area contributed by atoms with Crippen LogP contribution in [0.3, 0.4) is 0 Å². The summed E-state index contributed by atoms with van der Waals surface area (Å²) in [5.41, 5.74) is 3.78. The van der Waals surface area contributed by atoms with E-state index >= 15 is 0 Å². The number of rotatable bonds is 4. The number of aryl methyl sites for hydroxylation is 1. The van der Waals surface area contributed by atoms with E-state index < -0.39 is 0 Å². The van der Waals surface area contributed by atoms with Gasteiger partial charge in [0.1, 0.15) is 5.60 Å². The number of benzene rings is 2. The van der Waals surface area contributed by atoms with Gasteiger partial charge in [-0.2, -0.15) is 0 Å². The summed E-state index contributed by atoms with van der Waals surface area (Å²) < 4.78 is 0. The lowest BCUT2D eigenvalue weighted by Gasteiger charge is -2.37. The van der Waals surface area contributed by atoms with E-state index in [-0.39, 0.29) is 11.6 Å². The fourth-order valence-electron chi connectivity index (χ4n) is 4.03. The third-order valence-electron chi connectivity index (χ3n) is 5.76. The molecule has 0 saturated carbocycles. The van der Waals surface area contributed by atoms with Gasteiger partial charge in [0.2, 0.25) is 0 Å². The number of halogens is 1. The molecule has 0 atom stereocenters. The summed E-state index contributed by atoms with van der Waals surface area (Å²) in [5, 5.41) is 8.14. The molecule has 0 unspecified atom stereocenters. The van der Waals surface area contributed by atoms with Crippen molar-refractivity contribution in [3.8, 4) is 0 Å². The largest absolute Gasteiger partial charge is 0.388 e. The standard InChI is InChI=1S/C23H26ClN3O2/c1-2-5-17-6-3-4-7-20(17)25-22(28)27-14-12-23(13-15-27)16-21(26-29-23)18-8-10-19(24)11-9-18/h3-4,6-11H,2,5,12-16H2,1H3,(H,25,28).